The van der Waals surface area contributed by atoms with Crippen molar-refractivity contribution in [1.82, 2.24) is 29.5 Å². The van der Waals surface area contributed by atoms with E-state index in [1.807, 2.05) is 16.8 Å². The van der Waals surface area contributed by atoms with E-state index in [4.69, 9.17) is 16.3 Å². The molecule has 0 bridgehead atoms. The average molecular weight is 293 g/mol. The minimum Gasteiger partial charge on any atom is -0.481 e. The van der Waals surface area contributed by atoms with Crippen molar-refractivity contribution >= 4 is 22.8 Å². The van der Waals surface area contributed by atoms with Gasteiger partial charge in [-0.3, -0.25) is 4.68 Å². The van der Waals surface area contributed by atoms with Crippen LogP contribution in [0.5, 0.6) is 5.88 Å². The highest BCUT2D eigenvalue weighted by atomic mass is 35.5. The van der Waals surface area contributed by atoms with Gasteiger partial charge in [0.15, 0.2) is 5.65 Å². The standard InChI is InChI=1S/C12H13ClN6O/c1-20-11-3-2-9-12(16-11)19(10(8-13)15-9)7-6-18-5-4-14-17-18/h2-5H,6-8H2,1H3. The van der Waals surface area contributed by atoms with Gasteiger partial charge in [0.2, 0.25) is 5.88 Å². The van der Waals surface area contributed by atoms with Crippen LogP contribution in [-0.2, 0) is 19.0 Å². The number of hydrogen-bond donors (Lipinski definition) is 0. The van der Waals surface area contributed by atoms with Crippen molar-refractivity contribution in [1.29, 1.82) is 0 Å². The van der Waals surface area contributed by atoms with Crippen LogP contribution in [0.3, 0.4) is 0 Å². The van der Waals surface area contributed by atoms with Crippen molar-refractivity contribution in [2.45, 2.75) is 19.0 Å². The van der Waals surface area contributed by atoms with Crippen LogP contribution in [0, 0.1) is 0 Å². The van der Waals surface area contributed by atoms with E-state index in [0.29, 0.717) is 24.8 Å². The molecule has 104 valence electrons. The number of imidazole rings is 1. The molecule has 0 spiro atoms. The second-order valence-corrected chi connectivity index (χ2v) is 4.44. The molecule has 0 aromatic carbocycles. The first-order chi connectivity index (χ1) is 9.81. The first-order valence-electron chi connectivity index (χ1n) is 6.12. The van der Waals surface area contributed by atoms with Gasteiger partial charge in [-0.05, 0) is 6.07 Å². The summed E-state index contributed by atoms with van der Waals surface area (Å²) in [7, 11) is 1.59. The summed E-state index contributed by atoms with van der Waals surface area (Å²) in [6, 6.07) is 3.66. The smallest absolute Gasteiger partial charge is 0.215 e. The minimum absolute atomic E-state index is 0.329. The molecule has 0 fully saturated rings. The summed E-state index contributed by atoms with van der Waals surface area (Å²) in [5, 5.41) is 7.72. The second-order valence-electron chi connectivity index (χ2n) is 4.18. The average Bonchev–Trinajstić information content (AvgIpc) is 3.11. The third-order valence-electron chi connectivity index (χ3n) is 3.00. The molecule has 0 saturated carbocycles. The van der Waals surface area contributed by atoms with E-state index in [2.05, 4.69) is 20.3 Å². The third kappa shape index (κ3) is 2.32. The van der Waals surface area contributed by atoms with Crippen molar-refractivity contribution in [3.63, 3.8) is 0 Å². The Labute approximate surface area is 120 Å². The fourth-order valence-electron chi connectivity index (χ4n) is 2.04. The second kappa shape index (κ2) is 5.46. The van der Waals surface area contributed by atoms with Crippen molar-refractivity contribution in [3.05, 3.63) is 30.4 Å². The number of alkyl halides is 1. The quantitative estimate of drug-likeness (QED) is 0.666. The SMILES string of the molecule is COc1ccc2nc(CCl)n(CCn3ccnn3)c2n1. The number of hydrogen-bond acceptors (Lipinski definition) is 5. The fraction of sp³-hybridized carbons (Fsp3) is 0.333. The lowest BCUT2D eigenvalue weighted by Gasteiger charge is -2.07. The predicted molar refractivity (Wildman–Crippen MR) is 73.7 cm³/mol. The first kappa shape index (κ1) is 12.9. The molecular weight excluding hydrogens is 280 g/mol. The lowest BCUT2D eigenvalue weighted by Crippen LogP contribution is -2.11. The van der Waals surface area contributed by atoms with E-state index < -0.39 is 0 Å². The van der Waals surface area contributed by atoms with Gasteiger partial charge < -0.3 is 9.30 Å². The maximum Gasteiger partial charge on any atom is 0.215 e. The first-order valence-corrected chi connectivity index (χ1v) is 6.65. The Morgan fingerprint density at radius 2 is 2.15 bits per heavy atom. The van der Waals surface area contributed by atoms with Crippen LogP contribution < -0.4 is 4.74 Å². The molecule has 3 aromatic rings. The normalized spacial score (nSPS) is 11.1. The molecular formula is C12H13ClN6O. The molecule has 3 rings (SSSR count). The van der Waals surface area contributed by atoms with E-state index in [-0.39, 0.29) is 0 Å². The van der Waals surface area contributed by atoms with Crippen molar-refractivity contribution < 1.29 is 4.74 Å². The molecule has 8 heteroatoms. The molecule has 3 aromatic heterocycles. The Bertz CT molecular complexity index is 708. The molecule has 0 unspecified atom stereocenters. The van der Waals surface area contributed by atoms with E-state index in [1.54, 1.807) is 24.1 Å². The molecule has 0 aliphatic rings. The Morgan fingerprint density at radius 3 is 2.85 bits per heavy atom. The largest absolute Gasteiger partial charge is 0.481 e. The Hall–Kier alpha value is -2.15. The maximum atomic E-state index is 5.96. The number of halogens is 1. The molecule has 0 radical (unpaired) electrons. The van der Waals surface area contributed by atoms with Gasteiger partial charge in [-0.15, -0.1) is 16.7 Å². The summed E-state index contributed by atoms with van der Waals surface area (Å²) in [6.07, 6.45) is 3.46. The molecule has 0 N–H and O–H groups in total. The van der Waals surface area contributed by atoms with Crippen LogP contribution in [-0.4, -0.2) is 36.6 Å². The van der Waals surface area contributed by atoms with Gasteiger partial charge in [-0.2, -0.15) is 4.98 Å². The molecule has 20 heavy (non-hydrogen) atoms. The highest BCUT2D eigenvalue weighted by molar-refractivity contribution is 6.16. The van der Waals surface area contributed by atoms with Crippen LogP contribution in [0.4, 0.5) is 0 Å². The fourth-order valence-corrected chi connectivity index (χ4v) is 2.24. The van der Waals surface area contributed by atoms with Gasteiger partial charge in [-0.25, -0.2) is 4.98 Å². The van der Waals surface area contributed by atoms with Gasteiger partial charge in [-0.1, -0.05) is 5.21 Å². The van der Waals surface area contributed by atoms with Crippen molar-refractivity contribution in [2.75, 3.05) is 7.11 Å². The summed E-state index contributed by atoms with van der Waals surface area (Å²) in [6.45, 7) is 1.34. The van der Waals surface area contributed by atoms with E-state index in [0.717, 1.165) is 17.0 Å². The third-order valence-corrected chi connectivity index (χ3v) is 3.24. The lowest BCUT2D eigenvalue weighted by atomic mass is 10.4. The van der Waals surface area contributed by atoms with E-state index >= 15 is 0 Å². The predicted octanol–water partition coefficient (Wildman–Crippen LogP) is 1.47. The number of aryl methyl sites for hydroxylation is 2. The van der Waals surface area contributed by atoms with Crippen molar-refractivity contribution in [3.8, 4) is 5.88 Å². The van der Waals surface area contributed by atoms with Gasteiger partial charge in [0.25, 0.3) is 0 Å². The lowest BCUT2D eigenvalue weighted by molar-refractivity contribution is 0.398. The molecule has 0 saturated heterocycles. The minimum atomic E-state index is 0.329. The number of nitrogens with zero attached hydrogens (tertiary/aromatic N) is 6. The van der Waals surface area contributed by atoms with E-state index in [9.17, 15) is 0 Å². The Balaban J connectivity index is 1.97. The number of pyridine rings is 1. The summed E-state index contributed by atoms with van der Waals surface area (Å²) in [4.78, 5) is 8.91. The van der Waals surface area contributed by atoms with Gasteiger partial charge in [0.1, 0.15) is 11.3 Å². The van der Waals surface area contributed by atoms with Gasteiger partial charge in [0, 0.05) is 18.8 Å². The zero-order valence-electron chi connectivity index (χ0n) is 10.9. The number of methoxy groups -OCH3 is 1. The number of rotatable bonds is 5. The number of aromatic nitrogens is 6. The monoisotopic (exact) mass is 292 g/mol. The summed E-state index contributed by atoms with van der Waals surface area (Å²) < 4.78 is 8.89. The van der Waals surface area contributed by atoms with Crippen LogP contribution in [0.25, 0.3) is 11.2 Å². The molecule has 3 heterocycles. The summed E-state index contributed by atoms with van der Waals surface area (Å²) in [5.41, 5.74) is 1.57. The molecule has 0 atom stereocenters. The highest BCUT2D eigenvalue weighted by Gasteiger charge is 2.12. The highest BCUT2D eigenvalue weighted by Crippen LogP contribution is 2.19. The van der Waals surface area contributed by atoms with Crippen LogP contribution in [0.2, 0.25) is 0 Å². The van der Waals surface area contributed by atoms with Crippen molar-refractivity contribution in [2.24, 2.45) is 0 Å². The Morgan fingerprint density at radius 1 is 1.25 bits per heavy atom. The molecule has 0 aliphatic heterocycles. The zero-order chi connectivity index (χ0) is 13.9. The molecule has 0 aliphatic carbocycles. The van der Waals surface area contributed by atoms with Crippen LogP contribution in [0.1, 0.15) is 5.82 Å². The molecule has 0 amide bonds. The van der Waals surface area contributed by atoms with Gasteiger partial charge >= 0.3 is 0 Å². The molecule has 7 nitrogen and oxygen atoms in total. The maximum absolute atomic E-state index is 5.96. The van der Waals surface area contributed by atoms with Gasteiger partial charge in [0.05, 0.1) is 25.7 Å². The van der Waals surface area contributed by atoms with Crippen LogP contribution >= 0.6 is 11.6 Å². The summed E-state index contributed by atoms with van der Waals surface area (Å²) >= 11 is 5.96. The Kier molecular flexibility index (Phi) is 3.51. The number of fused-ring (bicyclic) bond motifs is 1. The summed E-state index contributed by atoms with van der Waals surface area (Å²) in [5.74, 6) is 1.67. The van der Waals surface area contributed by atoms with Crippen LogP contribution in [0.15, 0.2) is 24.5 Å². The number of ether oxygens (including phenoxy) is 1. The zero-order valence-corrected chi connectivity index (χ0v) is 11.7. The topological polar surface area (TPSA) is 70.7 Å². The van der Waals surface area contributed by atoms with E-state index in [1.165, 1.54) is 0 Å².